The Labute approximate surface area is 82.1 Å². The Hall–Kier alpha value is -0.120. The molecule has 1 aliphatic heterocycles. The lowest BCUT2D eigenvalue weighted by atomic mass is 10.2. The van der Waals surface area contributed by atoms with Gasteiger partial charge in [-0.3, -0.25) is 4.90 Å². The highest BCUT2D eigenvalue weighted by molar-refractivity contribution is 4.81. The van der Waals surface area contributed by atoms with E-state index < -0.39 is 0 Å². The summed E-state index contributed by atoms with van der Waals surface area (Å²) in [5.41, 5.74) is 0. The van der Waals surface area contributed by atoms with Crippen LogP contribution in [0.25, 0.3) is 0 Å². The Kier molecular flexibility index (Phi) is 4.16. The monoisotopic (exact) mass is 185 g/mol. The molecule has 1 N–H and O–H groups in total. The molecule has 0 bridgehead atoms. The summed E-state index contributed by atoms with van der Waals surface area (Å²) in [6.45, 7) is 5.75. The van der Waals surface area contributed by atoms with Crippen LogP contribution in [0.4, 0.5) is 0 Å². The molecule has 1 fully saturated rings. The van der Waals surface area contributed by atoms with Crippen molar-refractivity contribution in [2.75, 3.05) is 40.8 Å². The van der Waals surface area contributed by atoms with Crippen LogP contribution < -0.4 is 5.32 Å². The summed E-state index contributed by atoms with van der Waals surface area (Å²) in [6.07, 6.45) is 1.26. The van der Waals surface area contributed by atoms with Gasteiger partial charge in [0.1, 0.15) is 0 Å². The average Bonchev–Trinajstić information content (AvgIpc) is 2.19. The lowest BCUT2D eigenvalue weighted by molar-refractivity contribution is 0.163. The maximum absolute atomic E-state index is 3.50. The Morgan fingerprint density at radius 1 is 1.46 bits per heavy atom. The van der Waals surface area contributed by atoms with Gasteiger partial charge >= 0.3 is 0 Å². The fourth-order valence-corrected chi connectivity index (χ4v) is 1.90. The molecule has 1 aliphatic rings. The minimum Gasteiger partial charge on any atom is -0.315 e. The van der Waals surface area contributed by atoms with Crippen molar-refractivity contribution in [1.82, 2.24) is 15.1 Å². The van der Waals surface area contributed by atoms with Crippen LogP contribution in [0.3, 0.4) is 0 Å². The molecule has 0 saturated carbocycles. The van der Waals surface area contributed by atoms with Crippen LogP contribution in [0.5, 0.6) is 0 Å². The molecule has 3 nitrogen and oxygen atoms in total. The minimum absolute atomic E-state index is 0.660. The van der Waals surface area contributed by atoms with Crippen molar-refractivity contribution >= 4 is 0 Å². The number of hydrogen-bond donors (Lipinski definition) is 1. The molecule has 2 atom stereocenters. The van der Waals surface area contributed by atoms with Gasteiger partial charge in [0.05, 0.1) is 0 Å². The van der Waals surface area contributed by atoms with Crippen molar-refractivity contribution in [2.24, 2.45) is 0 Å². The maximum atomic E-state index is 3.50. The Bertz CT molecular complexity index is 147. The smallest absolute Gasteiger partial charge is 0.0347 e. The zero-order valence-corrected chi connectivity index (χ0v) is 9.38. The van der Waals surface area contributed by atoms with Gasteiger partial charge < -0.3 is 10.2 Å². The van der Waals surface area contributed by atoms with Crippen LogP contribution in [-0.2, 0) is 0 Å². The number of nitrogens with zero attached hydrogens (tertiary/aromatic N) is 2. The van der Waals surface area contributed by atoms with Gasteiger partial charge in [-0.2, -0.15) is 0 Å². The Morgan fingerprint density at radius 2 is 2.15 bits per heavy atom. The largest absolute Gasteiger partial charge is 0.315 e. The molecule has 0 radical (unpaired) electrons. The van der Waals surface area contributed by atoms with E-state index in [1.807, 2.05) is 0 Å². The van der Waals surface area contributed by atoms with Gasteiger partial charge in [0, 0.05) is 25.2 Å². The van der Waals surface area contributed by atoms with E-state index in [0.717, 1.165) is 19.6 Å². The first-order chi connectivity index (χ1) is 6.11. The Balaban J connectivity index is 2.49. The first-order valence-electron chi connectivity index (χ1n) is 5.18. The predicted octanol–water partition coefficient (Wildman–Crippen LogP) is 0.230. The van der Waals surface area contributed by atoms with Gasteiger partial charge in [-0.25, -0.2) is 0 Å². The molecular weight excluding hydrogens is 162 g/mol. The lowest BCUT2D eigenvalue weighted by Gasteiger charge is -2.32. The van der Waals surface area contributed by atoms with Gasteiger partial charge in [0.15, 0.2) is 0 Å². The van der Waals surface area contributed by atoms with E-state index in [4.69, 9.17) is 0 Å². The highest BCUT2D eigenvalue weighted by Crippen LogP contribution is 2.09. The first-order valence-corrected chi connectivity index (χ1v) is 5.18. The van der Waals surface area contributed by atoms with E-state index in [-0.39, 0.29) is 0 Å². The van der Waals surface area contributed by atoms with Crippen LogP contribution in [0.2, 0.25) is 0 Å². The second-order valence-electron chi connectivity index (χ2n) is 4.42. The van der Waals surface area contributed by atoms with E-state index >= 15 is 0 Å². The van der Waals surface area contributed by atoms with Crippen LogP contribution in [0.1, 0.15) is 13.3 Å². The summed E-state index contributed by atoms with van der Waals surface area (Å²) in [7, 11) is 6.53. The SMILES string of the molecule is CC1CCNCC(CN(C)C)N1C. The van der Waals surface area contributed by atoms with Crippen LogP contribution in [0.15, 0.2) is 0 Å². The normalized spacial score (nSPS) is 32.1. The maximum Gasteiger partial charge on any atom is 0.0347 e. The van der Waals surface area contributed by atoms with E-state index in [2.05, 4.69) is 43.2 Å². The van der Waals surface area contributed by atoms with E-state index in [9.17, 15) is 0 Å². The first kappa shape index (κ1) is 11.0. The molecule has 13 heavy (non-hydrogen) atoms. The van der Waals surface area contributed by atoms with Gasteiger partial charge in [0.25, 0.3) is 0 Å². The molecule has 1 saturated heterocycles. The van der Waals surface area contributed by atoms with Gasteiger partial charge in [0.2, 0.25) is 0 Å². The standard InChI is InChI=1S/C10H23N3/c1-9-5-6-11-7-10(13(9)4)8-12(2)3/h9-11H,5-8H2,1-4H3. The average molecular weight is 185 g/mol. The Morgan fingerprint density at radius 3 is 2.77 bits per heavy atom. The van der Waals surface area contributed by atoms with Crippen LogP contribution in [0, 0.1) is 0 Å². The van der Waals surface area contributed by atoms with Crippen molar-refractivity contribution in [3.63, 3.8) is 0 Å². The highest BCUT2D eigenvalue weighted by atomic mass is 15.2. The lowest BCUT2D eigenvalue weighted by Crippen LogP contribution is -2.46. The zero-order valence-electron chi connectivity index (χ0n) is 9.38. The number of nitrogens with one attached hydrogen (secondary N) is 1. The molecule has 0 spiro atoms. The molecule has 0 aromatic rings. The summed E-state index contributed by atoms with van der Waals surface area (Å²) in [4.78, 5) is 4.76. The van der Waals surface area contributed by atoms with Crippen molar-refractivity contribution in [2.45, 2.75) is 25.4 Å². The molecular formula is C10H23N3. The van der Waals surface area contributed by atoms with Crippen molar-refractivity contribution in [3.05, 3.63) is 0 Å². The summed E-state index contributed by atoms with van der Waals surface area (Å²) >= 11 is 0. The van der Waals surface area contributed by atoms with E-state index in [1.165, 1.54) is 6.42 Å². The number of rotatable bonds is 2. The molecule has 1 heterocycles. The molecule has 0 aliphatic carbocycles. The third-order valence-corrected chi connectivity index (χ3v) is 2.97. The molecule has 0 amide bonds. The zero-order chi connectivity index (χ0) is 9.84. The van der Waals surface area contributed by atoms with E-state index in [1.54, 1.807) is 0 Å². The molecule has 3 heteroatoms. The van der Waals surface area contributed by atoms with E-state index in [0.29, 0.717) is 12.1 Å². The third-order valence-electron chi connectivity index (χ3n) is 2.97. The summed E-state index contributed by atoms with van der Waals surface area (Å²) in [6, 6.07) is 1.37. The second kappa shape index (κ2) is 4.94. The molecule has 78 valence electrons. The fraction of sp³-hybridized carbons (Fsp3) is 1.00. The van der Waals surface area contributed by atoms with Gasteiger partial charge in [-0.15, -0.1) is 0 Å². The van der Waals surface area contributed by atoms with Gasteiger partial charge in [-0.1, -0.05) is 0 Å². The van der Waals surface area contributed by atoms with Crippen LogP contribution >= 0.6 is 0 Å². The topological polar surface area (TPSA) is 18.5 Å². The summed E-state index contributed by atoms with van der Waals surface area (Å²) in [5.74, 6) is 0. The number of hydrogen-bond acceptors (Lipinski definition) is 3. The quantitative estimate of drug-likeness (QED) is 0.664. The van der Waals surface area contributed by atoms with Crippen molar-refractivity contribution < 1.29 is 0 Å². The second-order valence-corrected chi connectivity index (χ2v) is 4.42. The van der Waals surface area contributed by atoms with Crippen LogP contribution in [-0.4, -0.2) is 62.7 Å². The molecule has 0 aromatic carbocycles. The number of likely N-dealkylation sites (N-methyl/N-ethyl adjacent to an activating group) is 2. The van der Waals surface area contributed by atoms with Crippen molar-refractivity contribution in [3.8, 4) is 0 Å². The summed E-state index contributed by atoms with van der Waals surface area (Å²) in [5, 5.41) is 3.50. The summed E-state index contributed by atoms with van der Waals surface area (Å²) < 4.78 is 0. The van der Waals surface area contributed by atoms with Gasteiger partial charge in [-0.05, 0) is 41.0 Å². The third kappa shape index (κ3) is 3.25. The van der Waals surface area contributed by atoms with Crippen molar-refractivity contribution in [1.29, 1.82) is 0 Å². The predicted molar refractivity (Wildman–Crippen MR) is 57.1 cm³/mol. The fourth-order valence-electron chi connectivity index (χ4n) is 1.90. The molecule has 0 aromatic heterocycles. The molecule has 2 unspecified atom stereocenters. The minimum atomic E-state index is 0.660. The molecule has 1 rings (SSSR count). The highest BCUT2D eigenvalue weighted by Gasteiger charge is 2.22.